The summed E-state index contributed by atoms with van der Waals surface area (Å²) in [5.74, 6) is 0.710. The zero-order chi connectivity index (χ0) is 15.2. The zero-order valence-corrected chi connectivity index (χ0v) is 13.5. The molecule has 0 aliphatic heterocycles. The van der Waals surface area contributed by atoms with Crippen LogP contribution in [0.15, 0.2) is 35.7 Å². The Kier molecular flexibility index (Phi) is 5.33. The molecule has 0 aromatic carbocycles. The van der Waals surface area contributed by atoms with Crippen LogP contribution < -0.4 is 5.32 Å². The summed E-state index contributed by atoms with van der Waals surface area (Å²) in [6, 6.07) is 9.85. The lowest BCUT2D eigenvalue weighted by Gasteiger charge is -2.20. The van der Waals surface area contributed by atoms with Crippen molar-refractivity contribution in [1.29, 1.82) is 0 Å². The van der Waals surface area contributed by atoms with Gasteiger partial charge in [0, 0.05) is 17.5 Å². The molecule has 112 valence electrons. The fourth-order valence-corrected chi connectivity index (χ4v) is 2.73. The maximum Gasteiger partial charge on any atom is 0.272 e. The minimum atomic E-state index is -0.0293. The number of anilines is 1. The van der Waals surface area contributed by atoms with Crippen LogP contribution in [0.1, 0.15) is 36.1 Å². The number of pyridine rings is 1. The first-order chi connectivity index (χ1) is 10.1. The van der Waals surface area contributed by atoms with Crippen LogP contribution in [-0.4, -0.2) is 28.4 Å². The van der Waals surface area contributed by atoms with Crippen molar-refractivity contribution in [1.82, 2.24) is 9.88 Å². The van der Waals surface area contributed by atoms with Crippen molar-refractivity contribution in [3.8, 4) is 0 Å². The van der Waals surface area contributed by atoms with Gasteiger partial charge in [-0.3, -0.25) is 4.79 Å². The molecular formula is C16H21N3OS. The second-order valence-corrected chi connectivity index (χ2v) is 6.14. The Balaban J connectivity index is 2.13. The standard InChI is InChI=1S/C16H21N3OS/c1-4-19(11-13-7-6-10-21-13)16(20)14-8-5-9-15(18-14)17-12(2)3/h5-10,12H,4,11H2,1-3H3,(H,17,18). The molecule has 2 rings (SSSR count). The molecule has 0 unspecified atom stereocenters. The largest absolute Gasteiger partial charge is 0.368 e. The summed E-state index contributed by atoms with van der Waals surface area (Å²) >= 11 is 1.66. The lowest BCUT2D eigenvalue weighted by Crippen LogP contribution is -2.30. The van der Waals surface area contributed by atoms with Gasteiger partial charge in [-0.05, 0) is 44.4 Å². The number of rotatable bonds is 6. The van der Waals surface area contributed by atoms with Gasteiger partial charge in [-0.25, -0.2) is 4.98 Å². The summed E-state index contributed by atoms with van der Waals surface area (Å²) < 4.78 is 0. The SMILES string of the molecule is CCN(Cc1cccs1)C(=O)c1cccc(NC(C)C)n1. The van der Waals surface area contributed by atoms with Crippen molar-refractivity contribution >= 4 is 23.1 Å². The highest BCUT2D eigenvalue weighted by Gasteiger charge is 2.16. The summed E-state index contributed by atoms with van der Waals surface area (Å²) in [6.07, 6.45) is 0. The molecular weight excluding hydrogens is 282 g/mol. The Hall–Kier alpha value is -1.88. The molecule has 0 aliphatic carbocycles. The highest BCUT2D eigenvalue weighted by molar-refractivity contribution is 7.09. The van der Waals surface area contributed by atoms with Crippen LogP contribution in [0.25, 0.3) is 0 Å². The Morgan fingerprint density at radius 1 is 1.33 bits per heavy atom. The molecule has 0 saturated carbocycles. The lowest BCUT2D eigenvalue weighted by molar-refractivity contribution is 0.0748. The Morgan fingerprint density at radius 3 is 2.76 bits per heavy atom. The summed E-state index contributed by atoms with van der Waals surface area (Å²) in [4.78, 5) is 20.0. The highest BCUT2D eigenvalue weighted by Crippen LogP contribution is 2.14. The average Bonchev–Trinajstić information content (AvgIpc) is 2.96. The monoisotopic (exact) mass is 303 g/mol. The molecule has 0 fully saturated rings. The number of hydrogen-bond acceptors (Lipinski definition) is 4. The van der Waals surface area contributed by atoms with E-state index in [9.17, 15) is 4.79 Å². The van der Waals surface area contributed by atoms with Gasteiger partial charge in [0.05, 0.1) is 6.54 Å². The smallest absolute Gasteiger partial charge is 0.272 e. The molecule has 0 aliphatic rings. The van der Waals surface area contributed by atoms with Crippen molar-refractivity contribution in [2.24, 2.45) is 0 Å². The van der Waals surface area contributed by atoms with E-state index in [0.29, 0.717) is 18.8 Å². The van der Waals surface area contributed by atoms with Gasteiger partial charge in [0.15, 0.2) is 0 Å². The van der Waals surface area contributed by atoms with Crippen LogP contribution in [0.3, 0.4) is 0 Å². The normalized spacial score (nSPS) is 10.7. The fraction of sp³-hybridized carbons (Fsp3) is 0.375. The van der Waals surface area contributed by atoms with Crippen molar-refractivity contribution in [2.45, 2.75) is 33.4 Å². The molecule has 0 atom stereocenters. The van der Waals surface area contributed by atoms with Crippen LogP contribution in [-0.2, 0) is 6.54 Å². The first-order valence-corrected chi connectivity index (χ1v) is 8.03. The van der Waals surface area contributed by atoms with Crippen LogP contribution in [0.4, 0.5) is 5.82 Å². The van der Waals surface area contributed by atoms with Crippen LogP contribution in [0, 0.1) is 0 Å². The minimum absolute atomic E-state index is 0.0293. The number of hydrogen-bond donors (Lipinski definition) is 1. The van der Waals surface area contributed by atoms with E-state index in [2.05, 4.69) is 10.3 Å². The topological polar surface area (TPSA) is 45.2 Å². The van der Waals surface area contributed by atoms with E-state index in [4.69, 9.17) is 0 Å². The van der Waals surface area contributed by atoms with E-state index < -0.39 is 0 Å². The maximum atomic E-state index is 12.6. The van der Waals surface area contributed by atoms with E-state index in [1.54, 1.807) is 17.4 Å². The third kappa shape index (κ3) is 4.29. The quantitative estimate of drug-likeness (QED) is 0.886. The van der Waals surface area contributed by atoms with Crippen molar-refractivity contribution in [2.75, 3.05) is 11.9 Å². The van der Waals surface area contributed by atoms with Gasteiger partial charge >= 0.3 is 0 Å². The van der Waals surface area contributed by atoms with Crippen LogP contribution in [0.2, 0.25) is 0 Å². The first-order valence-electron chi connectivity index (χ1n) is 7.15. The van der Waals surface area contributed by atoms with Crippen LogP contribution >= 0.6 is 11.3 Å². The molecule has 0 saturated heterocycles. The molecule has 1 N–H and O–H groups in total. The number of amides is 1. The van der Waals surface area contributed by atoms with Crippen LogP contribution in [0.5, 0.6) is 0 Å². The zero-order valence-electron chi connectivity index (χ0n) is 12.7. The Morgan fingerprint density at radius 2 is 2.14 bits per heavy atom. The number of carbonyl (C=O) groups excluding carboxylic acids is 1. The molecule has 5 heteroatoms. The third-order valence-electron chi connectivity index (χ3n) is 3.00. The van der Waals surface area contributed by atoms with Gasteiger partial charge in [-0.2, -0.15) is 0 Å². The van der Waals surface area contributed by atoms with E-state index in [1.165, 1.54) is 4.88 Å². The molecule has 2 aromatic rings. The minimum Gasteiger partial charge on any atom is -0.368 e. The van der Waals surface area contributed by atoms with E-state index in [1.807, 2.05) is 55.3 Å². The molecule has 0 bridgehead atoms. The van der Waals surface area contributed by atoms with Gasteiger partial charge in [0.1, 0.15) is 11.5 Å². The van der Waals surface area contributed by atoms with Gasteiger partial charge in [-0.15, -0.1) is 11.3 Å². The molecule has 0 radical (unpaired) electrons. The molecule has 2 heterocycles. The third-order valence-corrected chi connectivity index (χ3v) is 3.86. The second kappa shape index (κ2) is 7.22. The summed E-state index contributed by atoms with van der Waals surface area (Å²) in [7, 11) is 0. The fourth-order valence-electron chi connectivity index (χ4n) is 2.01. The second-order valence-electron chi connectivity index (χ2n) is 5.11. The van der Waals surface area contributed by atoms with Gasteiger partial charge < -0.3 is 10.2 Å². The predicted molar refractivity (Wildman–Crippen MR) is 87.7 cm³/mol. The molecule has 4 nitrogen and oxygen atoms in total. The van der Waals surface area contributed by atoms with Crippen molar-refractivity contribution < 1.29 is 4.79 Å². The number of carbonyl (C=O) groups is 1. The molecule has 21 heavy (non-hydrogen) atoms. The van der Waals surface area contributed by atoms with E-state index >= 15 is 0 Å². The van der Waals surface area contributed by atoms with E-state index in [-0.39, 0.29) is 11.9 Å². The number of nitrogens with one attached hydrogen (secondary N) is 1. The number of nitrogens with zero attached hydrogens (tertiary/aromatic N) is 2. The molecule has 1 amide bonds. The number of aromatic nitrogens is 1. The number of thiophene rings is 1. The summed E-state index contributed by atoms with van der Waals surface area (Å²) in [6.45, 7) is 7.38. The van der Waals surface area contributed by atoms with Crippen molar-refractivity contribution in [3.63, 3.8) is 0 Å². The van der Waals surface area contributed by atoms with Gasteiger partial charge in [0.2, 0.25) is 0 Å². The van der Waals surface area contributed by atoms with Crippen molar-refractivity contribution in [3.05, 3.63) is 46.3 Å². The summed E-state index contributed by atoms with van der Waals surface area (Å²) in [5, 5.41) is 5.25. The lowest BCUT2D eigenvalue weighted by atomic mass is 10.3. The average molecular weight is 303 g/mol. The predicted octanol–water partition coefficient (Wildman–Crippen LogP) is 3.63. The Bertz CT molecular complexity index is 581. The first kappa shape index (κ1) is 15.5. The maximum absolute atomic E-state index is 12.6. The van der Waals surface area contributed by atoms with E-state index in [0.717, 1.165) is 5.82 Å². The Labute approximate surface area is 129 Å². The molecule has 2 aromatic heterocycles. The summed E-state index contributed by atoms with van der Waals surface area (Å²) in [5.41, 5.74) is 0.485. The van der Waals surface area contributed by atoms with Gasteiger partial charge in [-0.1, -0.05) is 12.1 Å². The highest BCUT2D eigenvalue weighted by atomic mass is 32.1. The molecule has 0 spiro atoms. The van der Waals surface area contributed by atoms with Gasteiger partial charge in [0.25, 0.3) is 5.91 Å².